The quantitative estimate of drug-likeness (QED) is 0.576. The number of halogens is 1. The number of hydrogen-bond acceptors (Lipinski definition) is 3. The van der Waals surface area contributed by atoms with Crippen LogP contribution >= 0.6 is 15.9 Å². The zero-order valence-electron chi connectivity index (χ0n) is 15.2. The third kappa shape index (κ3) is 3.42. The van der Waals surface area contributed by atoms with E-state index < -0.39 is 0 Å². The van der Waals surface area contributed by atoms with Crippen molar-refractivity contribution in [2.24, 2.45) is 17.3 Å². The molecule has 4 bridgehead atoms. The average molecular weight is 420 g/mol. The summed E-state index contributed by atoms with van der Waals surface area (Å²) in [6.45, 7) is 1.74. The Labute approximate surface area is 163 Å². The second kappa shape index (κ2) is 6.66. The molecule has 1 aromatic rings. The topological polar surface area (TPSA) is 55.4 Å². The normalized spacial score (nSPS) is 35.8. The van der Waals surface area contributed by atoms with Gasteiger partial charge in [-0.2, -0.15) is 0 Å². The number of amides is 1. The Morgan fingerprint density at radius 1 is 1.19 bits per heavy atom. The van der Waals surface area contributed by atoms with Crippen LogP contribution in [0, 0.1) is 17.3 Å². The molecule has 3 atom stereocenters. The predicted molar refractivity (Wildman–Crippen MR) is 103 cm³/mol. The summed E-state index contributed by atoms with van der Waals surface area (Å²) in [5.74, 6) is 0.830. The zero-order chi connectivity index (χ0) is 18.4. The molecule has 4 aliphatic rings. The van der Waals surface area contributed by atoms with E-state index in [-0.39, 0.29) is 34.3 Å². The maximum absolute atomic E-state index is 12.9. The standard InChI is InChI=1S/C21H26BrNO3/c1-14(17-5-3-2-4-6-17)23-18(24)12-26-19(25)20-8-15-7-16(9-20)11-21(22,10-15)13-20/h2-6,14-16H,7-13H2,1H3,(H,23,24)/t14-,15+,16+,20?,21?/m0/s1. The highest BCUT2D eigenvalue weighted by molar-refractivity contribution is 9.10. The monoisotopic (exact) mass is 419 g/mol. The molecule has 5 rings (SSSR count). The van der Waals surface area contributed by atoms with E-state index in [1.165, 1.54) is 19.3 Å². The smallest absolute Gasteiger partial charge is 0.312 e. The highest BCUT2D eigenvalue weighted by atomic mass is 79.9. The van der Waals surface area contributed by atoms with Gasteiger partial charge >= 0.3 is 5.97 Å². The van der Waals surface area contributed by atoms with Crippen LogP contribution in [0.4, 0.5) is 0 Å². The first-order valence-corrected chi connectivity index (χ1v) is 10.4. The van der Waals surface area contributed by atoms with Gasteiger partial charge in [-0.3, -0.25) is 9.59 Å². The maximum atomic E-state index is 12.9. The summed E-state index contributed by atoms with van der Waals surface area (Å²) in [4.78, 5) is 25.1. The van der Waals surface area contributed by atoms with Crippen LogP contribution in [0.15, 0.2) is 30.3 Å². The number of rotatable bonds is 5. The van der Waals surface area contributed by atoms with Gasteiger partial charge in [-0.1, -0.05) is 46.3 Å². The van der Waals surface area contributed by atoms with Crippen molar-refractivity contribution in [2.45, 2.75) is 55.8 Å². The van der Waals surface area contributed by atoms with Crippen LogP contribution in [0.25, 0.3) is 0 Å². The van der Waals surface area contributed by atoms with Crippen molar-refractivity contribution in [1.29, 1.82) is 0 Å². The van der Waals surface area contributed by atoms with E-state index in [4.69, 9.17) is 4.74 Å². The molecule has 26 heavy (non-hydrogen) atoms. The van der Waals surface area contributed by atoms with E-state index >= 15 is 0 Å². The second-order valence-electron chi connectivity index (χ2n) is 8.67. The van der Waals surface area contributed by atoms with Crippen LogP contribution in [-0.4, -0.2) is 22.8 Å². The minimum Gasteiger partial charge on any atom is -0.455 e. The number of alkyl halides is 1. The Hall–Kier alpha value is -1.36. The minimum atomic E-state index is -0.376. The second-order valence-corrected chi connectivity index (χ2v) is 10.4. The van der Waals surface area contributed by atoms with Crippen molar-refractivity contribution in [3.8, 4) is 0 Å². The number of hydrogen-bond donors (Lipinski definition) is 1. The van der Waals surface area contributed by atoms with Gasteiger partial charge in [0.15, 0.2) is 6.61 Å². The van der Waals surface area contributed by atoms with Crippen LogP contribution in [0.5, 0.6) is 0 Å². The van der Waals surface area contributed by atoms with Gasteiger partial charge in [-0.15, -0.1) is 0 Å². The van der Waals surface area contributed by atoms with Crippen LogP contribution < -0.4 is 5.32 Å². The molecule has 1 aromatic carbocycles. The molecule has 4 aliphatic carbocycles. The Bertz CT molecular complexity index is 690. The van der Waals surface area contributed by atoms with Crippen molar-refractivity contribution in [2.75, 3.05) is 6.61 Å². The molecule has 5 heteroatoms. The minimum absolute atomic E-state index is 0.104. The van der Waals surface area contributed by atoms with E-state index in [9.17, 15) is 9.59 Å². The summed E-state index contributed by atoms with van der Waals surface area (Å²) in [7, 11) is 0. The molecule has 4 nitrogen and oxygen atoms in total. The molecule has 0 aliphatic heterocycles. The lowest BCUT2D eigenvalue weighted by Gasteiger charge is -2.58. The van der Waals surface area contributed by atoms with E-state index in [1.54, 1.807) is 0 Å². The number of carbonyl (C=O) groups is 2. The number of benzene rings is 1. The maximum Gasteiger partial charge on any atom is 0.312 e. The zero-order valence-corrected chi connectivity index (χ0v) is 16.8. The molecule has 1 N–H and O–H groups in total. The van der Waals surface area contributed by atoms with Gasteiger partial charge in [0.2, 0.25) is 0 Å². The third-order valence-corrected chi connectivity index (χ3v) is 7.36. The van der Waals surface area contributed by atoms with Crippen LogP contribution in [0.3, 0.4) is 0 Å². The van der Waals surface area contributed by atoms with Crippen molar-refractivity contribution in [3.63, 3.8) is 0 Å². The summed E-state index contributed by atoms with van der Waals surface area (Å²) in [5.41, 5.74) is 0.660. The van der Waals surface area contributed by atoms with Crippen molar-refractivity contribution < 1.29 is 14.3 Å². The largest absolute Gasteiger partial charge is 0.455 e. The van der Waals surface area contributed by atoms with Gasteiger partial charge in [-0.05, 0) is 62.8 Å². The first-order chi connectivity index (χ1) is 12.4. The lowest BCUT2D eigenvalue weighted by molar-refractivity contribution is -0.171. The molecule has 0 aromatic heterocycles. The van der Waals surface area contributed by atoms with Gasteiger partial charge in [0.05, 0.1) is 11.5 Å². The van der Waals surface area contributed by atoms with E-state index in [0.29, 0.717) is 11.8 Å². The van der Waals surface area contributed by atoms with Crippen molar-refractivity contribution in [1.82, 2.24) is 5.32 Å². The van der Waals surface area contributed by atoms with Crippen LogP contribution in [-0.2, 0) is 14.3 Å². The number of esters is 1. The summed E-state index contributed by atoms with van der Waals surface area (Å²) in [5, 5.41) is 2.91. The van der Waals surface area contributed by atoms with Gasteiger partial charge in [-0.25, -0.2) is 0 Å². The van der Waals surface area contributed by atoms with Gasteiger partial charge < -0.3 is 10.1 Å². The SMILES string of the molecule is C[C@H](NC(=O)COC(=O)C12C[C@H]3C[C@@H](CC(Br)(C3)C1)C2)c1ccccc1. The summed E-state index contributed by atoms with van der Waals surface area (Å²) < 4.78 is 5.61. The lowest BCUT2D eigenvalue weighted by Crippen LogP contribution is -2.56. The number of carbonyl (C=O) groups excluding carboxylic acids is 2. The fourth-order valence-electron chi connectivity index (χ4n) is 5.78. The first kappa shape index (κ1) is 18.0. The fourth-order valence-corrected chi connectivity index (χ4v) is 7.23. The highest BCUT2D eigenvalue weighted by Gasteiger charge is 2.60. The Morgan fingerprint density at radius 2 is 1.85 bits per heavy atom. The summed E-state index contributed by atoms with van der Waals surface area (Å²) in [6, 6.07) is 9.68. The molecule has 0 heterocycles. The highest BCUT2D eigenvalue weighted by Crippen LogP contribution is 2.64. The van der Waals surface area contributed by atoms with E-state index in [1.807, 2.05) is 37.3 Å². The Balaban J connectivity index is 1.33. The lowest BCUT2D eigenvalue weighted by atomic mass is 9.49. The molecule has 0 unspecified atom stereocenters. The Kier molecular flexibility index (Phi) is 4.62. The molecular weight excluding hydrogens is 394 g/mol. The molecule has 0 radical (unpaired) electrons. The third-order valence-electron chi connectivity index (χ3n) is 6.43. The van der Waals surface area contributed by atoms with E-state index in [0.717, 1.165) is 24.8 Å². The first-order valence-electron chi connectivity index (χ1n) is 9.58. The molecule has 0 saturated heterocycles. The number of nitrogens with one attached hydrogen (secondary N) is 1. The van der Waals surface area contributed by atoms with Crippen LogP contribution in [0.2, 0.25) is 0 Å². The fraction of sp³-hybridized carbons (Fsp3) is 0.619. The molecule has 4 fully saturated rings. The molecule has 140 valence electrons. The predicted octanol–water partition coefficient (Wildman–Crippen LogP) is 4.14. The molecule has 1 amide bonds. The van der Waals surface area contributed by atoms with Crippen LogP contribution in [0.1, 0.15) is 57.1 Å². The van der Waals surface area contributed by atoms with Crippen molar-refractivity contribution >= 4 is 27.8 Å². The van der Waals surface area contributed by atoms with Crippen molar-refractivity contribution in [3.05, 3.63) is 35.9 Å². The summed E-state index contributed by atoms with van der Waals surface area (Å²) in [6.07, 6.45) is 6.31. The molecule has 0 spiro atoms. The summed E-state index contributed by atoms with van der Waals surface area (Å²) >= 11 is 3.91. The Morgan fingerprint density at radius 3 is 2.46 bits per heavy atom. The van der Waals surface area contributed by atoms with E-state index in [2.05, 4.69) is 21.2 Å². The van der Waals surface area contributed by atoms with Gasteiger partial charge in [0, 0.05) is 4.32 Å². The molecule has 4 saturated carbocycles. The molecular formula is C21H26BrNO3. The number of ether oxygens (including phenoxy) is 1. The van der Waals surface area contributed by atoms with Gasteiger partial charge in [0.25, 0.3) is 5.91 Å². The van der Waals surface area contributed by atoms with Gasteiger partial charge in [0.1, 0.15) is 0 Å². The average Bonchev–Trinajstić information content (AvgIpc) is 2.58.